The molecule has 2 atom stereocenters. The highest BCUT2D eigenvalue weighted by Gasteiger charge is 2.18. The van der Waals surface area contributed by atoms with Crippen LogP contribution in [0, 0.1) is 11.3 Å². The molecule has 1 aromatic rings. The third-order valence-corrected chi connectivity index (χ3v) is 4.34. The summed E-state index contributed by atoms with van der Waals surface area (Å²) in [6, 6.07) is 9.14. The van der Waals surface area contributed by atoms with Crippen LogP contribution in [-0.4, -0.2) is 35.0 Å². The predicted octanol–water partition coefficient (Wildman–Crippen LogP) is 1.86. The summed E-state index contributed by atoms with van der Waals surface area (Å²) in [6.07, 6.45) is 2.21. The molecular weight excluding hydrogens is 262 g/mol. The Morgan fingerprint density at radius 2 is 2.32 bits per heavy atom. The summed E-state index contributed by atoms with van der Waals surface area (Å²) in [7, 11) is -0.925. The predicted molar refractivity (Wildman–Crippen MR) is 73.5 cm³/mol. The van der Waals surface area contributed by atoms with E-state index in [1.807, 2.05) is 6.07 Å². The van der Waals surface area contributed by atoms with E-state index in [0.29, 0.717) is 29.4 Å². The minimum Gasteiger partial charge on any atom is -0.491 e. The fraction of sp³-hybridized carbons (Fsp3) is 0.500. The number of ether oxygens (including phenoxy) is 2. The van der Waals surface area contributed by atoms with Crippen LogP contribution < -0.4 is 4.74 Å². The van der Waals surface area contributed by atoms with Crippen LogP contribution >= 0.6 is 0 Å². The number of hydrogen-bond acceptors (Lipinski definition) is 4. The van der Waals surface area contributed by atoms with Gasteiger partial charge < -0.3 is 9.47 Å². The normalized spacial score (nSPS) is 19.8. The molecule has 0 aromatic heterocycles. The van der Waals surface area contributed by atoms with E-state index in [0.717, 1.165) is 19.4 Å². The van der Waals surface area contributed by atoms with Gasteiger partial charge in [0.05, 0.1) is 24.0 Å². The Bertz CT molecular complexity index is 478. The van der Waals surface area contributed by atoms with Crippen molar-refractivity contribution in [3.63, 3.8) is 0 Å². The second-order valence-electron chi connectivity index (χ2n) is 4.40. The maximum Gasteiger partial charge on any atom is 0.137 e. The Morgan fingerprint density at radius 3 is 3.05 bits per heavy atom. The van der Waals surface area contributed by atoms with Crippen molar-refractivity contribution in [1.29, 1.82) is 5.26 Å². The van der Waals surface area contributed by atoms with Crippen LogP contribution in [0.3, 0.4) is 0 Å². The van der Waals surface area contributed by atoms with E-state index in [-0.39, 0.29) is 6.10 Å². The second-order valence-corrected chi connectivity index (χ2v) is 6.02. The largest absolute Gasteiger partial charge is 0.491 e. The molecule has 2 rings (SSSR count). The number of hydrogen-bond donors (Lipinski definition) is 0. The Labute approximate surface area is 115 Å². The molecule has 19 heavy (non-hydrogen) atoms. The molecule has 0 radical (unpaired) electrons. The lowest BCUT2D eigenvalue weighted by Crippen LogP contribution is -2.20. The van der Waals surface area contributed by atoms with Gasteiger partial charge in [-0.3, -0.25) is 4.21 Å². The summed E-state index contributed by atoms with van der Waals surface area (Å²) in [6.45, 7) is 1.14. The molecule has 1 heterocycles. The number of benzene rings is 1. The standard InChI is InChI=1S/C14H17NO3S/c15-10-12-4-1-2-6-14(12)18-8-9-19(16)11-13-5-3-7-17-13/h1-2,4,6,13H,3,5,7-9,11H2. The molecule has 0 amide bonds. The summed E-state index contributed by atoms with van der Waals surface area (Å²) in [4.78, 5) is 0. The monoisotopic (exact) mass is 279 g/mol. The molecule has 1 saturated heterocycles. The van der Waals surface area contributed by atoms with Crippen molar-refractivity contribution < 1.29 is 13.7 Å². The van der Waals surface area contributed by atoms with Crippen molar-refractivity contribution in [2.45, 2.75) is 18.9 Å². The third-order valence-electron chi connectivity index (χ3n) is 2.97. The molecule has 4 nitrogen and oxygen atoms in total. The first-order chi connectivity index (χ1) is 9.29. The fourth-order valence-electron chi connectivity index (χ4n) is 2.00. The average Bonchev–Trinajstić information content (AvgIpc) is 2.92. The van der Waals surface area contributed by atoms with Gasteiger partial charge in [-0.25, -0.2) is 0 Å². The van der Waals surface area contributed by atoms with Gasteiger partial charge in [0.15, 0.2) is 0 Å². The summed E-state index contributed by atoms with van der Waals surface area (Å²) in [5, 5.41) is 8.91. The molecule has 1 aliphatic rings. The van der Waals surface area contributed by atoms with E-state index in [1.165, 1.54) is 0 Å². The summed E-state index contributed by atoms with van der Waals surface area (Å²) in [5.41, 5.74) is 0.507. The zero-order valence-electron chi connectivity index (χ0n) is 10.7. The molecule has 0 saturated carbocycles. The van der Waals surface area contributed by atoms with Gasteiger partial charge in [-0.1, -0.05) is 12.1 Å². The van der Waals surface area contributed by atoms with Crippen molar-refractivity contribution >= 4 is 10.8 Å². The summed E-state index contributed by atoms with van der Waals surface area (Å²) < 4.78 is 22.8. The molecule has 0 N–H and O–H groups in total. The van der Waals surface area contributed by atoms with Gasteiger partial charge in [0.1, 0.15) is 11.8 Å². The summed E-state index contributed by atoms with van der Waals surface area (Å²) >= 11 is 0. The molecule has 102 valence electrons. The number of nitrogens with zero attached hydrogens (tertiary/aromatic N) is 1. The van der Waals surface area contributed by atoms with E-state index >= 15 is 0 Å². The zero-order chi connectivity index (χ0) is 13.5. The molecule has 1 aromatic carbocycles. The Hall–Kier alpha value is -1.38. The van der Waals surface area contributed by atoms with Crippen LogP contribution in [0.15, 0.2) is 24.3 Å². The van der Waals surface area contributed by atoms with Crippen molar-refractivity contribution in [3.05, 3.63) is 29.8 Å². The van der Waals surface area contributed by atoms with E-state index in [2.05, 4.69) is 6.07 Å². The molecule has 0 bridgehead atoms. The first-order valence-corrected chi connectivity index (χ1v) is 7.87. The molecular formula is C14H17NO3S. The SMILES string of the molecule is N#Cc1ccccc1OCCS(=O)CC1CCCO1. The van der Waals surface area contributed by atoms with Crippen LogP contribution in [0.2, 0.25) is 0 Å². The molecule has 5 heteroatoms. The van der Waals surface area contributed by atoms with E-state index in [1.54, 1.807) is 18.2 Å². The number of nitriles is 1. The lowest BCUT2D eigenvalue weighted by atomic mass is 10.2. The third kappa shape index (κ3) is 4.34. The van der Waals surface area contributed by atoms with Gasteiger partial charge in [0, 0.05) is 23.2 Å². The molecule has 0 spiro atoms. The van der Waals surface area contributed by atoms with Gasteiger partial charge in [-0.05, 0) is 25.0 Å². The van der Waals surface area contributed by atoms with Crippen molar-refractivity contribution in [3.8, 4) is 11.8 Å². The fourth-order valence-corrected chi connectivity index (χ4v) is 3.11. The first kappa shape index (κ1) is 14.0. The lowest BCUT2D eigenvalue weighted by molar-refractivity contribution is 0.128. The Balaban J connectivity index is 1.74. The van der Waals surface area contributed by atoms with Gasteiger partial charge in [-0.15, -0.1) is 0 Å². The highest BCUT2D eigenvalue weighted by Crippen LogP contribution is 2.16. The smallest absolute Gasteiger partial charge is 0.137 e. The Morgan fingerprint density at radius 1 is 1.47 bits per heavy atom. The van der Waals surface area contributed by atoms with Gasteiger partial charge >= 0.3 is 0 Å². The molecule has 1 aliphatic heterocycles. The van der Waals surface area contributed by atoms with Crippen LogP contribution in [0.1, 0.15) is 18.4 Å². The van der Waals surface area contributed by atoms with Crippen molar-refractivity contribution in [2.75, 3.05) is 24.7 Å². The maximum absolute atomic E-state index is 11.8. The second kappa shape index (κ2) is 7.27. The topological polar surface area (TPSA) is 59.3 Å². The van der Waals surface area contributed by atoms with Crippen molar-refractivity contribution in [2.24, 2.45) is 0 Å². The summed E-state index contributed by atoms with van der Waals surface area (Å²) in [5.74, 6) is 1.61. The van der Waals surface area contributed by atoms with Crippen molar-refractivity contribution in [1.82, 2.24) is 0 Å². The molecule has 1 fully saturated rings. The minimum absolute atomic E-state index is 0.146. The number of para-hydroxylation sites is 1. The van der Waals surface area contributed by atoms with E-state index in [4.69, 9.17) is 14.7 Å². The quantitative estimate of drug-likeness (QED) is 0.797. The van der Waals surface area contributed by atoms with Crippen LogP contribution in [-0.2, 0) is 15.5 Å². The van der Waals surface area contributed by atoms with E-state index < -0.39 is 10.8 Å². The highest BCUT2D eigenvalue weighted by atomic mass is 32.2. The Kier molecular flexibility index (Phi) is 5.37. The first-order valence-electron chi connectivity index (χ1n) is 6.38. The average molecular weight is 279 g/mol. The minimum atomic E-state index is -0.925. The van der Waals surface area contributed by atoms with E-state index in [9.17, 15) is 4.21 Å². The maximum atomic E-state index is 11.8. The highest BCUT2D eigenvalue weighted by molar-refractivity contribution is 7.85. The van der Waals surface area contributed by atoms with Crippen LogP contribution in [0.4, 0.5) is 0 Å². The zero-order valence-corrected chi connectivity index (χ0v) is 11.5. The molecule has 0 aliphatic carbocycles. The number of rotatable bonds is 6. The van der Waals surface area contributed by atoms with Crippen LogP contribution in [0.25, 0.3) is 0 Å². The van der Waals surface area contributed by atoms with Crippen LogP contribution in [0.5, 0.6) is 5.75 Å². The van der Waals surface area contributed by atoms with Gasteiger partial charge in [0.25, 0.3) is 0 Å². The van der Waals surface area contributed by atoms with Gasteiger partial charge in [0.2, 0.25) is 0 Å². The molecule has 2 unspecified atom stereocenters. The van der Waals surface area contributed by atoms with Gasteiger partial charge in [-0.2, -0.15) is 5.26 Å². The lowest BCUT2D eigenvalue weighted by Gasteiger charge is -2.10.